The van der Waals surface area contributed by atoms with Gasteiger partial charge in [-0.1, -0.05) is 51.5 Å². The molecular weight excluding hydrogens is 250 g/mol. The van der Waals surface area contributed by atoms with Gasteiger partial charge in [-0.05, 0) is 24.5 Å². The highest BCUT2D eigenvalue weighted by Gasteiger charge is 2.02. The first-order valence-electron chi connectivity index (χ1n) is 7.94. The van der Waals surface area contributed by atoms with E-state index in [4.69, 9.17) is 5.11 Å². The number of aryl methyl sites for hydroxylation is 1. The Hall–Kier alpha value is -1.22. The molecule has 1 aromatic carbocycles. The number of nitrogens with one attached hydrogen (secondary N) is 1. The van der Waals surface area contributed by atoms with E-state index in [1.54, 1.807) is 6.07 Å². The summed E-state index contributed by atoms with van der Waals surface area (Å²) in [5.41, 5.74) is 1.88. The second-order valence-corrected chi connectivity index (χ2v) is 5.37. The molecule has 3 heteroatoms. The van der Waals surface area contributed by atoms with Crippen LogP contribution >= 0.6 is 0 Å². The van der Waals surface area contributed by atoms with Crippen LogP contribution in [0.15, 0.2) is 18.2 Å². The predicted molar refractivity (Wildman–Crippen MR) is 85.4 cm³/mol. The molecule has 0 aromatic heterocycles. The van der Waals surface area contributed by atoms with E-state index in [9.17, 15) is 5.11 Å². The first-order valence-corrected chi connectivity index (χ1v) is 7.94. The van der Waals surface area contributed by atoms with E-state index in [2.05, 4.69) is 12.2 Å². The molecule has 0 saturated heterocycles. The molecule has 0 radical (unpaired) electrons. The second-order valence-electron chi connectivity index (χ2n) is 5.37. The number of benzene rings is 1. The van der Waals surface area contributed by atoms with Gasteiger partial charge in [-0.2, -0.15) is 0 Å². The zero-order valence-electron chi connectivity index (χ0n) is 12.7. The van der Waals surface area contributed by atoms with Crippen molar-refractivity contribution >= 4 is 5.69 Å². The van der Waals surface area contributed by atoms with Crippen molar-refractivity contribution in [3.05, 3.63) is 23.8 Å². The van der Waals surface area contributed by atoms with Crippen molar-refractivity contribution in [1.82, 2.24) is 0 Å². The van der Waals surface area contributed by atoms with Gasteiger partial charge in [0, 0.05) is 18.3 Å². The Labute approximate surface area is 123 Å². The first-order chi connectivity index (χ1) is 9.77. The standard InChI is InChI=1S/C17H29NO2/c1-2-3-4-5-6-7-8-9-15-10-11-16(14-17(15)20)18-12-13-19/h10-11,14,18-20H,2-9,12-13H2,1H3. The lowest BCUT2D eigenvalue weighted by Gasteiger charge is -2.09. The average molecular weight is 279 g/mol. The molecule has 0 aliphatic heterocycles. The van der Waals surface area contributed by atoms with Crippen LogP contribution in [0.1, 0.15) is 57.4 Å². The highest BCUT2D eigenvalue weighted by Crippen LogP contribution is 2.23. The summed E-state index contributed by atoms with van der Waals surface area (Å²) in [5.74, 6) is 0.360. The van der Waals surface area contributed by atoms with Crippen molar-refractivity contribution < 1.29 is 10.2 Å². The first kappa shape index (κ1) is 16.8. The third-order valence-corrected chi connectivity index (χ3v) is 3.58. The molecule has 1 rings (SSSR count). The quantitative estimate of drug-likeness (QED) is 0.535. The van der Waals surface area contributed by atoms with Gasteiger partial charge in [-0.15, -0.1) is 0 Å². The molecule has 3 nitrogen and oxygen atoms in total. The molecule has 0 heterocycles. The Morgan fingerprint density at radius 3 is 2.35 bits per heavy atom. The highest BCUT2D eigenvalue weighted by molar-refractivity contribution is 5.51. The maximum atomic E-state index is 9.96. The topological polar surface area (TPSA) is 52.5 Å². The monoisotopic (exact) mass is 279 g/mol. The molecule has 20 heavy (non-hydrogen) atoms. The van der Waals surface area contributed by atoms with E-state index in [1.807, 2.05) is 12.1 Å². The Morgan fingerprint density at radius 1 is 1.00 bits per heavy atom. The number of aliphatic hydroxyl groups is 1. The maximum Gasteiger partial charge on any atom is 0.120 e. The molecular formula is C17H29NO2. The van der Waals surface area contributed by atoms with Crippen LogP contribution in [0.5, 0.6) is 5.75 Å². The number of hydrogen-bond acceptors (Lipinski definition) is 3. The Bertz CT molecular complexity index is 366. The summed E-state index contributed by atoms with van der Waals surface area (Å²) in [5, 5.41) is 21.8. The number of aliphatic hydroxyl groups excluding tert-OH is 1. The lowest BCUT2D eigenvalue weighted by molar-refractivity contribution is 0.311. The second kappa shape index (κ2) is 10.6. The summed E-state index contributed by atoms with van der Waals surface area (Å²) in [6.07, 6.45) is 9.97. The highest BCUT2D eigenvalue weighted by atomic mass is 16.3. The van der Waals surface area contributed by atoms with Crippen LogP contribution in [-0.4, -0.2) is 23.4 Å². The SMILES string of the molecule is CCCCCCCCCc1ccc(NCCO)cc1O. The van der Waals surface area contributed by atoms with Crippen LogP contribution in [0.4, 0.5) is 5.69 Å². The molecule has 0 saturated carbocycles. The zero-order valence-corrected chi connectivity index (χ0v) is 12.7. The van der Waals surface area contributed by atoms with E-state index in [0.29, 0.717) is 12.3 Å². The number of hydrogen-bond donors (Lipinski definition) is 3. The number of phenols is 1. The van der Waals surface area contributed by atoms with Crippen molar-refractivity contribution in [2.75, 3.05) is 18.5 Å². The fourth-order valence-electron chi connectivity index (χ4n) is 2.36. The summed E-state index contributed by atoms with van der Waals surface area (Å²) in [6, 6.07) is 5.68. The number of aromatic hydroxyl groups is 1. The molecule has 0 aliphatic rings. The predicted octanol–water partition coefficient (Wildman–Crippen LogP) is 4.09. The van der Waals surface area contributed by atoms with Crippen LogP contribution < -0.4 is 5.32 Å². The Morgan fingerprint density at radius 2 is 1.70 bits per heavy atom. The molecule has 0 amide bonds. The van der Waals surface area contributed by atoms with E-state index in [1.165, 1.54) is 38.5 Å². The minimum atomic E-state index is 0.0978. The van der Waals surface area contributed by atoms with E-state index in [-0.39, 0.29) is 6.61 Å². The number of unbranched alkanes of at least 4 members (excludes halogenated alkanes) is 6. The maximum absolute atomic E-state index is 9.96. The van der Waals surface area contributed by atoms with E-state index < -0.39 is 0 Å². The van der Waals surface area contributed by atoms with Crippen LogP contribution in [0.3, 0.4) is 0 Å². The number of anilines is 1. The van der Waals surface area contributed by atoms with Gasteiger partial charge in [-0.3, -0.25) is 0 Å². The number of rotatable bonds is 11. The van der Waals surface area contributed by atoms with Crippen molar-refractivity contribution in [3.63, 3.8) is 0 Å². The van der Waals surface area contributed by atoms with Gasteiger partial charge < -0.3 is 15.5 Å². The fraction of sp³-hybridized carbons (Fsp3) is 0.647. The average Bonchev–Trinajstić information content (AvgIpc) is 2.46. The lowest BCUT2D eigenvalue weighted by atomic mass is 10.0. The van der Waals surface area contributed by atoms with E-state index >= 15 is 0 Å². The summed E-state index contributed by atoms with van der Waals surface area (Å²) in [4.78, 5) is 0. The molecule has 3 N–H and O–H groups in total. The molecule has 0 unspecified atom stereocenters. The molecule has 0 spiro atoms. The lowest BCUT2D eigenvalue weighted by Crippen LogP contribution is -2.05. The summed E-state index contributed by atoms with van der Waals surface area (Å²) in [6.45, 7) is 2.85. The van der Waals surface area contributed by atoms with Crippen LogP contribution in [0, 0.1) is 0 Å². The van der Waals surface area contributed by atoms with Gasteiger partial charge in [0.2, 0.25) is 0 Å². The number of phenolic OH excluding ortho intramolecular Hbond substituents is 1. The molecule has 114 valence electrons. The molecule has 0 bridgehead atoms. The summed E-state index contributed by atoms with van der Waals surface area (Å²) < 4.78 is 0. The molecule has 0 atom stereocenters. The Kier molecular flexibility index (Phi) is 8.88. The van der Waals surface area contributed by atoms with Gasteiger partial charge in [0.05, 0.1) is 6.61 Å². The van der Waals surface area contributed by atoms with Crippen molar-refractivity contribution in [2.45, 2.75) is 58.3 Å². The Balaban J connectivity index is 2.23. The largest absolute Gasteiger partial charge is 0.508 e. The molecule has 0 aliphatic carbocycles. The smallest absolute Gasteiger partial charge is 0.120 e. The van der Waals surface area contributed by atoms with Crippen molar-refractivity contribution in [3.8, 4) is 5.75 Å². The normalized spacial score (nSPS) is 10.7. The van der Waals surface area contributed by atoms with Gasteiger partial charge in [-0.25, -0.2) is 0 Å². The van der Waals surface area contributed by atoms with Gasteiger partial charge >= 0.3 is 0 Å². The van der Waals surface area contributed by atoms with E-state index in [0.717, 1.165) is 24.1 Å². The van der Waals surface area contributed by atoms with Crippen molar-refractivity contribution in [2.24, 2.45) is 0 Å². The third kappa shape index (κ3) is 6.80. The summed E-state index contributed by atoms with van der Waals surface area (Å²) >= 11 is 0. The minimum Gasteiger partial charge on any atom is -0.508 e. The molecule has 0 fully saturated rings. The third-order valence-electron chi connectivity index (χ3n) is 3.58. The van der Waals surface area contributed by atoms with Gasteiger partial charge in [0.1, 0.15) is 5.75 Å². The minimum absolute atomic E-state index is 0.0978. The fourth-order valence-corrected chi connectivity index (χ4v) is 2.36. The van der Waals surface area contributed by atoms with Crippen LogP contribution in [-0.2, 0) is 6.42 Å². The van der Waals surface area contributed by atoms with Crippen LogP contribution in [0.25, 0.3) is 0 Å². The van der Waals surface area contributed by atoms with Crippen molar-refractivity contribution in [1.29, 1.82) is 0 Å². The van der Waals surface area contributed by atoms with Gasteiger partial charge in [0.25, 0.3) is 0 Å². The van der Waals surface area contributed by atoms with Gasteiger partial charge in [0.15, 0.2) is 0 Å². The van der Waals surface area contributed by atoms with Crippen LogP contribution in [0.2, 0.25) is 0 Å². The summed E-state index contributed by atoms with van der Waals surface area (Å²) in [7, 11) is 0. The zero-order chi connectivity index (χ0) is 14.6. The molecule has 1 aromatic rings.